The Morgan fingerprint density at radius 2 is 0.821 bits per heavy atom. The van der Waals surface area contributed by atoms with Gasteiger partial charge in [0.05, 0.1) is 0 Å². The fourth-order valence-electron chi connectivity index (χ4n) is 3.39. The summed E-state index contributed by atoms with van der Waals surface area (Å²) in [7, 11) is 0. The molecule has 0 bridgehead atoms. The lowest BCUT2D eigenvalue weighted by molar-refractivity contribution is -0.697. The van der Waals surface area contributed by atoms with Crippen molar-refractivity contribution in [3.05, 3.63) is 49.1 Å². The van der Waals surface area contributed by atoms with E-state index in [1.54, 1.807) is 0 Å². The fourth-order valence-corrected chi connectivity index (χ4v) is 3.39. The van der Waals surface area contributed by atoms with E-state index in [1.165, 1.54) is 75.3 Å². The van der Waals surface area contributed by atoms with Crippen LogP contribution in [0.25, 0.3) is 11.1 Å². The molecule has 0 aliphatic carbocycles. The van der Waals surface area contributed by atoms with Crippen molar-refractivity contribution in [2.45, 2.75) is 91.1 Å². The maximum atomic E-state index is 2.31. The highest BCUT2D eigenvalue weighted by molar-refractivity contribution is 5.60. The van der Waals surface area contributed by atoms with Crippen LogP contribution in [-0.2, 0) is 13.1 Å². The summed E-state index contributed by atoms with van der Waals surface area (Å²) in [4.78, 5) is 0. The zero-order valence-corrected chi connectivity index (χ0v) is 22.1. The highest BCUT2D eigenvalue weighted by Gasteiger charge is 2.06. The van der Waals surface area contributed by atoms with Gasteiger partial charge in [0.15, 0.2) is 24.8 Å². The van der Waals surface area contributed by atoms with Gasteiger partial charge in [-0.3, -0.25) is 0 Å². The standard InChI is InChI=1S/C24H38N2.2HI/c1-3-5-7-9-11-17-25-19-13-23(14-20-25)24-15-21-26(22-16-24)18-12-10-8-6-4-2;;/h13-16,19-22H,3-12,17-18H2,1-2H3;2*1H/q+2;;/p-2. The summed E-state index contributed by atoms with van der Waals surface area (Å²) < 4.78 is 4.63. The summed E-state index contributed by atoms with van der Waals surface area (Å²) >= 11 is 0. The molecule has 2 rings (SSSR count). The lowest BCUT2D eigenvalue weighted by Crippen LogP contribution is -3.00. The van der Waals surface area contributed by atoms with Crippen LogP contribution >= 0.6 is 0 Å². The lowest BCUT2D eigenvalue weighted by atomic mass is 10.1. The predicted molar refractivity (Wildman–Crippen MR) is 110 cm³/mol. The molecule has 0 amide bonds. The normalized spacial score (nSPS) is 10.2. The Hall–Kier alpha value is -0.240. The molecule has 0 radical (unpaired) electrons. The van der Waals surface area contributed by atoms with Crippen LogP contribution in [0.3, 0.4) is 0 Å². The van der Waals surface area contributed by atoms with E-state index in [0.717, 1.165) is 13.1 Å². The van der Waals surface area contributed by atoms with Crippen molar-refractivity contribution in [1.82, 2.24) is 0 Å². The molecule has 0 unspecified atom stereocenters. The Bertz CT molecular complexity index is 542. The number of hydrogen-bond donors (Lipinski definition) is 0. The van der Waals surface area contributed by atoms with Gasteiger partial charge < -0.3 is 48.0 Å². The molecule has 2 aromatic heterocycles. The average molecular weight is 608 g/mol. The van der Waals surface area contributed by atoms with Crippen molar-refractivity contribution in [3.63, 3.8) is 0 Å². The summed E-state index contributed by atoms with van der Waals surface area (Å²) in [6, 6.07) is 8.99. The van der Waals surface area contributed by atoms with Crippen LogP contribution in [0, 0.1) is 0 Å². The van der Waals surface area contributed by atoms with Crippen molar-refractivity contribution in [2.24, 2.45) is 0 Å². The van der Waals surface area contributed by atoms with E-state index in [4.69, 9.17) is 0 Å². The molecule has 0 aliphatic heterocycles. The summed E-state index contributed by atoms with van der Waals surface area (Å²) in [5.41, 5.74) is 2.62. The van der Waals surface area contributed by atoms with Gasteiger partial charge in [0.25, 0.3) is 0 Å². The second-order valence-electron chi connectivity index (χ2n) is 7.48. The minimum Gasteiger partial charge on any atom is -1.00 e. The molecule has 0 spiro atoms. The van der Waals surface area contributed by atoms with Crippen LogP contribution < -0.4 is 57.1 Å². The van der Waals surface area contributed by atoms with Gasteiger partial charge in [0.1, 0.15) is 13.1 Å². The van der Waals surface area contributed by atoms with Crippen LogP contribution in [-0.4, -0.2) is 0 Å². The van der Waals surface area contributed by atoms with E-state index >= 15 is 0 Å². The van der Waals surface area contributed by atoms with E-state index in [2.05, 4.69) is 72.0 Å². The molecule has 28 heavy (non-hydrogen) atoms. The molecule has 0 atom stereocenters. The Labute approximate surface area is 207 Å². The summed E-state index contributed by atoms with van der Waals surface area (Å²) in [5.74, 6) is 0. The third-order valence-electron chi connectivity index (χ3n) is 5.16. The van der Waals surface area contributed by atoms with Crippen LogP contribution in [0.15, 0.2) is 49.1 Å². The molecule has 158 valence electrons. The largest absolute Gasteiger partial charge is 1.00 e. The van der Waals surface area contributed by atoms with Crippen molar-refractivity contribution >= 4 is 0 Å². The number of aryl methyl sites for hydroxylation is 2. The van der Waals surface area contributed by atoms with E-state index in [0.29, 0.717) is 0 Å². The smallest absolute Gasteiger partial charge is 0.169 e. The van der Waals surface area contributed by atoms with Gasteiger partial charge in [0.2, 0.25) is 0 Å². The molecule has 2 aromatic rings. The maximum absolute atomic E-state index is 2.31. The first kappa shape index (κ1) is 27.8. The van der Waals surface area contributed by atoms with E-state index < -0.39 is 0 Å². The van der Waals surface area contributed by atoms with Gasteiger partial charge in [-0.15, -0.1) is 0 Å². The SMILES string of the molecule is CCCCCCC[n+]1ccc(-c2cc[n+](CCCCCCC)cc2)cc1.[I-].[I-]. The third-order valence-corrected chi connectivity index (χ3v) is 5.16. The molecule has 0 aliphatic rings. The minimum atomic E-state index is 0. The highest BCUT2D eigenvalue weighted by Crippen LogP contribution is 2.15. The number of halogens is 2. The maximum Gasteiger partial charge on any atom is 0.169 e. The summed E-state index contributed by atoms with van der Waals surface area (Å²) in [6.07, 6.45) is 22.3. The number of aromatic nitrogens is 2. The second kappa shape index (κ2) is 17.6. The van der Waals surface area contributed by atoms with Crippen LogP contribution in [0.2, 0.25) is 0 Å². The lowest BCUT2D eigenvalue weighted by Gasteiger charge is -2.02. The predicted octanol–water partition coefficient (Wildman–Crippen LogP) is -0.123. The van der Waals surface area contributed by atoms with Crippen molar-refractivity contribution < 1.29 is 57.1 Å². The second-order valence-corrected chi connectivity index (χ2v) is 7.48. The first-order valence-electron chi connectivity index (χ1n) is 10.8. The van der Waals surface area contributed by atoms with Crippen LogP contribution in [0.5, 0.6) is 0 Å². The van der Waals surface area contributed by atoms with Gasteiger partial charge in [0, 0.05) is 37.1 Å². The topological polar surface area (TPSA) is 7.76 Å². The molecule has 0 N–H and O–H groups in total. The van der Waals surface area contributed by atoms with Gasteiger partial charge in [-0.05, 0) is 24.0 Å². The summed E-state index contributed by atoms with van der Waals surface area (Å²) in [5, 5.41) is 0. The molecule has 0 aromatic carbocycles. The number of pyridine rings is 2. The van der Waals surface area contributed by atoms with Gasteiger partial charge >= 0.3 is 0 Å². The van der Waals surface area contributed by atoms with Crippen LogP contribution in [0.4, 0.5) is 0 Å². The van der Waals surface area contributed by atoms with Gasteiger partial charge in [-0.2, -0.15) is 0 Å². The number of hydrogen-bond acceptors (Lipinski definition) is 0. The zero-order valence-electron chi connectivity index (χ0n) is 17.8. The molecule has 4 heteroatoms. The fraction of sp³-hybridized carbons (Fsp3) is 0.583. The van der Waals surface area contributed by atoms with E-state index in [-0.39, 0.29) is 48.0 Å². The Balaban J connectivity index is 0.00000364. The Morgan fingerprint density at radius 1 is 0.500 bits per heavy atom. The zero-order chi connectivity index (χ0) is 18.5. The number of rotatable bonds is 13. The average Bonchev–Trinajstić information content (AvgIpc) is 2.69. The molecule has 0 fully saturated rings. The monoisotopic (exact) mass is 608 g/mol. The number of nitrogens with zero attached hydrogens (tertiary/aromatic N) is 2. The molecule has 0 saturated carbocycles. The quantitative estimate of drug-likeness (QED) is 0.170. The highest BCUT2D eigenvalue weighted by atomic mass is 127. The van der Waals surface area contributed by atoms with Gasteiger partial charge in [-0.25, -0.2) is 9.13 Å². The molecule has 0 saturated heterocycles. The summed E-state index contributed by atoms with van der Waals surface area (Å²) in [6.45, 7) is 6.81. The van der Waals surface area contributed by atoms with Crippen LogP contribution in [0.1, 0.15) is 78.1 Å². The molecular formula is C24H38I2N2. The van der Waals surface area contributed by atoms with Gasteiger partial charge in [-0.1, -0.05) is 52.4 Å². The Kier molecular flexibility index (Phi) is 17.5. The first-order chi connectivity index (χ1) is 12.8. The van der Waals surface area contributed by atoms with Crippen molar-refractivity contribution in [2.75, 3.05) is 0 Å². The Morgan fingerprint density at radius 3 is 1.14 bits per heavy atom. The van der Waals surface area contributed by atoms with E-state index in [1.807, 2.05) is 0 Å². The van der Waals surface area contributed by atoms with E-state index in [9.17, 15) is 0 Å². The number of unbranched alkanes of at least 4 members (excludes halogenated alkanes) is 8. The molecule has 2 heterocycles. The molecule has 2 nitrogen and oxygen atoms in total. The first-order valence-corrected chi connectivity index (χ1v) is 10.8. The third kappa shape index (κ3) is 11.1. The van der Waals surface area contributed by atoms with Crippen molar-refractivity contribution in [1.29, 1.82) is 0 Å². The van der Waals surface area contributed by atoms with Crippen molar-refractivity contribution in [3.8, 4) is 11.1 Å². The minimum absolute atomic E-state index is 0. The molecular weight excluding hydrogens is 570 g/mol.